The van der Waals surface area contributed by atoms with Gasteiger partial charge in [-0.15, -0.1) is 11.3 Å². The van der Waals surface area contributed by atoms with Crippen molar-refractivity contribution in [2.24, 2.45) is 0 Å². The molecule has 24 aromatic carbocycles. The molecule has 0 spiro atoms. The third-order valence-electron chi connectivity index (χ3n) is 27.8. The molecule has 27 rings (SSSR count). The third kappa shape index (κ3) is 17.2. The second kappa shape index (κ2) is 38.6. The summed E-state index contributed by atoms with van der Waals surface area (Å²) < 4.78 is 15.5. The van der Waals surface area contributed by atoms with Gasteiger partial charge in [0.15, 0.2) is 5.58 Å². The lowest BCUT2D eigenvalue weighted by atomic mass is 9.95. The van der Waals surface area contributed by atoms with Gasteiger partial charge in [-0.05, 0) is 272 Å². The van der Waals surface area contributed by atoms with E-state index in [0.29, 0.717) is 0 Å². The van der Waals surface area contributed by atoms with Gasteiger partial charge in [0.1, 0.15) is 16.7 Å². The molecule has 27 aromatic rings. The second-order valence-electron chi connectivity index (χ2n) is 36.5. The molecule has 0 aliphatic rings. The van der Waals surface area contributed by atoms with E-state index in [4.69, 9.17) is 8.83 Å². The molecule has 0 atom stereocenters. The van der Waals surface area contributed by atoms with Gasteiger partial charge < -0.3 is 23.5 Å². The summed E-state index contributed by atoms with van der Waals surface area (Å²) in [6.45, 7) is 0. The molecule has 0 aliphatic heterocycles. The molecule has 6 heteroatoms. The minimum absolute atomic E-state index is 0.873. The fraction of sp³-hybridized carbons (Fsp3) is 0. The fourth-order valence-electron chi connectivity index (χ4n) is 20.6. The number of anilines is 9. The Labute approximate surface area is 840 Å². The molecule has 678 valence electrons. The molecule has 0 saturated heterocycles. The number of furan rings is 2. The molecule has 0 fully saturated rings. The first-order chi connectivity index (χ1) is 71.4. The van der Waals surface area contributed by atoms with Crippen molar-refractivity contribution in [1.29, 1.82) is 0 Å². The van der Waals surface area contributed by atoms with E-state index >= 15 is 0 Å². The van der Waals surface area contributed by atoms with Gasteiger partial charge in [-0.1, -0.05) is 419 Å². The first-order valence-electron chi connectivity index (χ1n) is 49.0. The lowest BCUT2D eigenvalue weighted by molar-refractivity contribution is 0.668. The second-order valence-corrected chi connectivity index (χ2v) is 37.6. The zero-order valence-electron chi connectivity index (χ0n) is 78.8. The highest BCUT2D eigenvalue weighted by atomic mass is 32.1. The van der Waals surface area contributed by atoms with E-state index in [1.54, 1.807) is 0 Å². The summed E-state index contributed by atoms with van der Waals surface area (Å²) in [6, 6.07) is 202. The third-order valence-corrected chi connectivity index (χ3v) is 29.0. The molecule has 0 amide bonds. The van der Waals surface area contributed by atoms with Crippen LogP contribution in [-0.2, 0) is 0 Å². The smallest absolute Gasteiger partial charge is 0.159 e. The average molecular weight is 1860 g/mol. The number of thiophene rings is 1. The predicted octanol–water partition coefficient (Wildman–Crippen LogP) is 40.1. The monoisotopic (exact) mass is 1860 g/mol. The van der Waals surface area contributed by atoms with E-state index in [-0.39, 0.29) is 0 Å². The lowest BCUT2D eigenvalue weighted by Gasteiger charge is -2.26. The van der Waals surface area contributed by atoms with Crippen molar-refractivity contribution in [3.8, 4) is 100 Å². The molecular formula is C138H93N3O2S. The molecule has 0 radical (unpaired) electrons. The Morgan fingerprint density at radius 2 is 0.410 bits per heavy atom. The minimum atomic E-state index is 0.873. The van der Waals surface area contributed by atoms with Crippen molar-refractivity contribution in [3.63, 3.8) is 0 Å². The van der Waals surface area contributed by atoms with Crippen LogP contribution in [0.15, 0.2) is 573 Å². The molecule has 3 heterocycles. The standard InChI is InChI=1S/2C46H31NO.C46H31NS/c1-3-11-32(12-4-1)33-23-27-38(28-24-33)47(44-19-10-18-42-41-16-7-8-20-45(41)48-46(42)44)39-29-25-34(26-30-39)37-22-21-36-15-9-17-40(43(36)31-37)35-13-5-2-6-14-35;2*1-3-10-32(11-4-1)33-20-24-38(25-21-33)47(40-28-29-43-42-15-7-8-17-45(42)48-46(43)31-40)39-26-22-34(23-27-39)37-19-18-36-14-9-16-41(44(36)30-37)35-12-5-2-6-13-35/h3*1-31H. The molecular weight excluding hydrogens is 1760 g/mol. The molecule has 0 unspecified atom stereocenters. The Morgan fingerprint density at radius 1 is 0.139 bits per heavy atom. The van der Waals surface area contributed by atoms with E-state index in [0.717, 1.165) is 95.1 Å². The summed E-state index contributed by atoms with van der Waals surface area (Å²) in [5, 5.41) is 14.6. The summed E-state index contributed by atoms with van der Waals surface area (Å²) in [7, 11) is 0. The predicted molar refractivity (Wildman–Crippen MR) is 612 cm³/mol. The molecule has 5 nitrogen and oxygen atoms in total. The van der Waals surface area contributed by atoms with Crippen LogP contribution in [0.25, 0.3) is 197 Å². The highest BCUT2D eigenvalue weighted by Gasteiger charge is 2.24. The van der Waals surface area contributed by atoms with Crippen molar-refractivity contribution in [1.82, 2.24) is 0 Å². The average Bonchev–Trinajstić information content (AvgIpc) is 1.33. The van der Waals surface area contributed by atoms with Gasteiger partial charge in [-0.25, -0.2) is 0 Å². The molecule has 0 aliphatic carbocycles. The Hall–Kier alpha value is -18.7. The van der Waals surface area contributed by atoms with Crippen molar-refractivity contribution in [2.75, 3.05) is 14.7 Å². The quantitative estimate of drug-likeness (QED) is 0.0856. The van der Waals surface area contributed by atoms with Crippen LogP contribution in [-0.4, -0.2) is 0 Å². The van der Waals surface area contributed by atoms with Gasteiger partial charge in [0, 0.05) is 93.3 Å². The Kier molecular flexibility index (Phi) is 23.3. The number of benzene rings is 24. The summed E-state index contributed by atoms with van der Waals surface area (Å²) >= 11 is 1.86. The van der Waals surface area contributed by atoms with Crippen LogP contribution in [0.1, 0.15) is 0 Å². The van der Waals surface area contributed by atoms with E-state index in [2.05, 4.69) is 555 Å². The van der Waals surface area contributed by atoms with Gasteiger partial charge in [0.25, 0.3) is 0 Å². The minimum Gasteiger partial charge on any atom is -0.456 e. The Bertz CT molecular complexity index is 8960. The van der Waals surface area contributed by atoms with Crippen LogP contribution in [0.2, 0.25) is 0 Å². The van der Waals surface area contributed by atoms with E-state index in [9.17, 15) is 0 Å². The summed E-state index contributed by atoms with van der Waals surface area (Å²) in [5.74, 6) is 0. The molecule has 0 N–H and O–H groups in total. The van der Waals surface area contributed by atoms with Gasteiger partial charge in [-0.2, -0.15) is 0 Å². The van der Waals surface area contributed by atoms with Crippen LogP contribution < -0.4 is 14.7 Å². The van der Waals surface area contributed by atoms with Crippen LogP contribution in [0.5, 0.6) is 0 Å². The Morgan fingerprint density at radius 3 is 0.806 bits per heavy atom. The number of nitrogens with zero attached hydrogens (tertiary/aromatic N) is 3. The van der Waals surface area contributed by atoms with E-state index < -0.39 is 0 Å². The largest absolute Gasteiger partial charge is 0.456 e. The van der Waals surface area contributed by atoms with Gasteiger partial charge in [0.05, 0.1) is 5.69 Å². The SMILES string of the molecule is c1ccc(-c2ccc(N(c3ccc(-c4ccc5cccc(-c6ccccc6)c5c4)cc3)c3ccc4c(c3)oc3ccccc34)cc2)cc1.c1ccc(-c2ccc(N(c3ccc(-c4ccc5cccc(-c6ccccc6)c5c4)cc3)c3ccc4c(c3)sc3ccccc34)cc2)cc1.c1ccc(-c2ccc(N(c3ccc(-c4ccc5cccc(-c6ccccc6)c5c4)cc3)c3cccc4c3oc3ccccc34)cc2)cc1. The summed E-state index contributed by atoms with van der Waals surface area (Å²) in [5.41, 5.74) is 35.0. The highest BCUT2D eigenvalue weighted by molar-refractivity contribution is 7.25. The number of para-hydroxylation sites is 3. The summed E-state index contributed by atoms with van der Waals surface area (Å²) in [6.07, 6.45) is 0. The van der Waals surface area contributed by atoms with Crippen LogP contribution in [0.3, 0.4) is 0 Å². The van der Waals surface area contributed by atoms with Crippen LogP contribution in [0, 0.1) is 0 Å². The number of rotatable bonds is 18. The zero-order valence-corrected chi connectivity index (χ0v) is 79.6. The first-order valence-corrected chi connectivity index (χ1v) is 49.8. The van der Waals surface area contributed by atoms with Gasteiger partial charge >= 0.3 is 0 Å². The van der Waals surface area contributed by atoms with Crippen LogP contribution >= 0.6 is 11.3 Å². The van der Waals surface area contributed by atoms with Crippen molar-refractivity contribution >= 4 is 159 Å². The summed E-state index contributed by atoms with van der Waals surface area (Å²) in [4.78, 5) is 6.98. The first kappa shape index (κ1) is 86.8. The lowest BCUT2D eigenvalue weighted by Crippen LogP contribution is -2.10. The molecule has 0 bridgehead atoms. The topological polar surface area (TPSA) is 36.0 Å². The van der Waals surface area contributed by atoms with E-state index in [1.165, 1.54) is 153 Å². The van der Waals surface area contributed by atoms with Gasteiger partial charge in [0.2, 0.25) is 0 Å². The maximum atomic E-state index is 6.54. The number of hydrogen-bond acceptors (Lipinski definition) is 6. The normalized spacial score (nSPS) is 11.3. The maximum Gasteiger partial charge on any atom is 0.159 e. The maximum absolute atomic E-state index is 6.54. The van der Waals surface area contributed by atoms with Crippen LogP contribution in [0.4, 0.5) is 51.2 Å². The number of fused-ring (bicyclic) bond motifs is 12. The van der Waals surface area contributed by atoms with Crippen molar-refractivity contribution < 1.29 is 8.83 Å². The van der Waals surface area contributed by atoms with Crippen molar-refractivity contribution in [3.05, 3.63) is 564 Å². The Balaban J connectivity index is 0.000000113. The molecule has 3 aromatic heterocycles. The highest BCUT2D eigenvalue weighted by Crippen LogP contribution is 2.49. The fourth-order valence-corrected chi connectivity index (χ4v) is 21.8. The molecule has 0 saturated carbocycles. The van der Waals surface area contributed by atoms with E-state index in [1.807, 2.05) is 35.6 Å². The zero-order chi connectivity index (χ0) is 95.6. The number of hydrogen-bond donors (Lipinski definition) is 0. The molecule has 144 heavy (non-hydrogen) atoms. The van der Waals surface area contributed by atoms with Gasteiger partial charge in [-0.3, -0.25) is 0 Å². The van der Waals surface area contributed by atoms with Crippen molar-refractivity contribution in [2.45, 2.75) is 0 Å².